The Labute approximate surface area is 252 Å². The normalized spacial score (nSPS) is 12.9. The Morgan fingerprint density at radius 3 is 2.47 bits per heavy atom. The van der Waals surface area contributed by atoms with Crippen LogP contribution in [0.15, 0.2) is 47.0 Å². The smallest absolute Gasteiger partial charge is 0.322 e. The fourth-order valence-electron chi connectivity index (χ4n) is 6.07. The topological polar surface area (TPSA) is 102 Å². The summed E-state index contributed by atoms with van der Waals surface area (Å²) in [6.45, 7) is 13.0. The van der Waals surface area contributed by atoms with Crippen LogP contribution in [-0.2, 0) is 26.4 Å². The summed E-state index contributed by atoms with van der Waals surface area (Å²) in [5.74, 6) is 1.30. The number of hydrogen-bond donors (Lipinski definition) is 1. The second-order valence-electron chi connectivity index (χ2n) is 11.4. The number of urea groups is 1. The van der Waals surface area contributed by atoms with E-state index in [2.05, 4.69) is 60.6 Å². The van der Waals surface area contributed by atoms with E-state index in [0.29, 0.717) is 31.1 Å². The van der Waals surface area contributed by atoms with E-state index in [4.69, 9.17) is 14.5 Å². The first-order valence-corrected chi connectivity index (χ1v) is 14.7. The van der Waals surface area contributed by atoms with Gasteiger partial charge in [-0.2, -0.15) is 5.10 Å². The lowest BCUT2D eigenvalue weighted by Gasteiger charge is -2.30. The minimum atomic E-state index is -0.144. The fourth-order valence-corrected chi connectivity index (χ4v) is 6.07. The van der Waals surface area contributed by atoms with Gasteiger partial charge in [0.25, 0.3) is 0 Å². The van der Waals surface area contributed by atoms with Crippen LogP contribution in [0.25, 0.3) is 33.8 Å². The standard InChI is InChI=1S/C34H37N7O2/c1-8-24-15-25(30-20(3)38-40(7)22(30)5)17-26(16-24)35-34(42)41-14-13-29-28(18-41)32(27-12-10-9-11-19(27)2)37-33(36-29)31-21(4)39-43-23(31)6/h9-12,15-17H,8,13-14,18H2,1-7H3,(H,35,42). The van der Waals surface area contributed by atoms with Gasteiger partial charge in [0.15, 0.2) is 5.82 Å². The molecule has 6 rings (SSSR count). The SMILES string of the molecule is CCc1cc(NC(=O)N2CCc3nc(-c4c(C)noc4C)nc(-c4ccccc4C)c3C2)cc(-c2c(C)nn(C)c2C)c1. The number of aryl methyl sites for hydroxylation is 6. The summed E-state index contributed by atoms with van der Waals surface area (Å²) in [6, 6.07) is 14.3. The van der Waals surface area contributed by atoms with E-state index in [-0.39, 0.29) is 6.03 Å². The van der Waals surface area contributed by atoms with Gasteiger partial charge in [-0.3, -0.25) is 4.68 Å². The summed E-state index contributed by atoms with van der Waals surface area (Å²) in [6.07, 6.45) is 1.48. The Bertz CT molecular complexity index is 1850. The van der Waals surface area contributed by atoms with Crippen molar-refractivity contribution in [2.24, 2.45) is 7.05 Å². The molecule has 2 aromatic carbocycles. The Morgan fingerprint density at radius 1 is 1.00 bits per heavy atom. The second kappa shape index (κ2) is 11.1. The molecular weight excluding hydrogens is 538 g/mol. The van der Waals surface area contributed by atoms with Crippen molar-refractivity contribution in [2.45, 2.75) is 60.9 Å². The summed E-state index contributed by atoms with van der Waals surface area (Å²) in [5, 5.41) is 11.9. The van der Waals surface area contributed by atoms with Crippen molar-refractivity contribution in [3.05, 3.63) is 87.7 Å². The summed E-state index contributed by atoms with van der Waals surface area (Å²) in [4.78, 5) is 25.7. The highest BCUT2D eigenvalue weighted by atomic mass is 16.5. The van der Waals surface area contributed by atoms with E-state index in [0.717, 1.165) is 79.5 Å². The molecule has 0 saturated heterocycles. The molecule has 1 N–H and O–H groups in total. The predicted octanol–water partition coefficient (Wildman–Crippen LogP) is 6.89. The monoisotopic (exact) mass is 575 g/mol. The van der Waals surface area contributed by atoms with E-state index in [1.165, 1.54) is 0 Å². The van der Waals surface area contributed by atoms with Gasteiger partial charge in [0, 0.05) is 48.1 Å². The molecule has 0 saturated carbocycles. The second-order valence-corrected chi connectivity index (χ2v) is 11.4. The van der Waals surface area contributed by atoms with Gasteiger partial charge in [-0.15, -0.1) is 0 Å². The molecule has 220 valence electrons. The lowest BCUT2D eigenvalue weighted by molar-refractivity contribution is 0.206. The molecule has 43 heavy (non-hydrogen) atoms. The summed E-state index contributed by atoms with van der Waals surface area (Å²) < 4.78 is 7.34. The van der Waals surface area contributed by atoms with Crippen LogP contribution in [-0.4, -0.2) is 42.4 Å². The molecule has 1 aliphatic heterocycles. The van der Waals surface area contributed by atoms with Crippen molar-refractivity contribution in [3.63, 3.8) is 0 Å². The third-order valence-electron chi connectivity index (χ3n) is 8.45. The average molecular weight is 576 g/mol. The maximum atomic E-state index is 13.8. The maximum absolute atomic E-state index is 13.8. The van der Waals surface area contributed by atoms with Gasteiger partial charge in [0.1, 0.15) is 5.76 Å². The number of carbonyl (C=O) groups excluding carboxylic acids is 1. The van der Waals surface area contributed by atoms with E-state index in [9.17, 15) is 4.79 Å². The lowest BCUT2D eigenvalue weighted by Crippen LogP contribution is -2.39. The average Bonchev–Trinajstić information content (AvgIpc) is 3.46. The number of hydrogen-bond acceptors (Lipinski definition) is 6. The molecule has 9 heteroatoms. The Balaban J connectivity index is 1.35. The third-order valence-corrected chi connectivity index (χ3v) is 8.45. The lowest BCUT2D eigenvalue weighted by atomic mass is 9.96. The number of anilines is 1. The van der Waals surface area contributed by atoms with E-state index in [1.54, 1.807) is 0 Å². The molecule has 0 aliphatic carbocycles. The van der Waals surface area contributed by atoms with Crippen LogP contribution >= 0.6 is 0 Å². The Hall–Kier alpha value is -4.79. The Kier molecular flexibility index (Phi) is 7.33. The molecule has 9 nitrogen and oxygen atoms in total. The van der Waals surface area contributed by atoms with Crippen molar-refractivity contribution < 1.29 is 9.32 Å². The number of benzene rings is 2. The van der Waals surface area contributed by atoms with Crippen LogP contribution in [0.2, 0.25) is 0 Å². The molecular formula is C34H37N7O2. The van der Waals surface area contributed by atoms with E-state index >= 15 is 0 Å². The fraction of sp³-hybridized carbons (Fsp3) is 0.324. The molecule has 0 fully saturated rings. The predicted molar refractivity (Wildman–Crippen MR) is 168 cm³/mol. The maximum Gasteiger partial charge on any atom is 0.322 e. The minimum Gasteiger partial charge on any atom is -0.361 e. The summed E-state index contributed by atoms with van der Waals surface area (Å²) in [7, 11) is 1.96. The van der Waals surface area contributed by atoms with Crippen molar-refractivity contribution in [3.8, 4) is 33.8 Å². The zero-order valence-corrected chi connectivity index (χ0v) is 25.9. The largest absolute Gasteiger partial charge is 0.361 e. The molecule has 3 aromatic heterocycles. The highest BCUT2D eigenvalue weighted by molar-refractivity contribution is 5.91. The van der Waals surface area contributed by atoms with Crippen LogP contribution in [0.1, 0.15) is 52.2 Å². The summed E-state index contributed by atoms with van der Waals surface area (Å²) in [5.41, 5.74) is 12.6. The van der Waals surface area contributed by atoms with Gasteiger partial charge in [0.05, 0.1) is 34.9 Å². The van der Waals surface area contributed by atoms with Crippen molar-refractivity contribution in [1.82, 2.24) is 29.8 Å². The molecule has 0 spiro atoms. The van der Waals surface area contributed by atoms with E-state index in [1.807, 2.05) is 55.6 Å². The Morgan fingerprint density at radius 2 is 1.79 bits per heavy atom. The van der Waals surface area contributed by atoms with Gasteiger partial charge in [-0.05, 0) is 69.9 Å². The number of aromatic nitrogens is 5. The molecule has 4 heterocycles. The van der Waals surface area contributed by atoms with Crippen LogP contribution in [0.4, 0.5) is 10.5 Å². The van der Waals surface area contributed by atoms with Crippen LogP contribution in [0.3, 0.4) is 0 Å². The number of rotatable bonds is 5. The van der Waals surface area contributed by atoms with Gasteiger partial charge in [-0.25, -0.2) is 14.8 Å². The number of nitrogens with zero attached hydrogens (tertiary/aromatic N) is 6. The third kappa shape index (κ3) is 5.20. The minimum absolute atomic E-state index is 0.144. The van der Waals surface area contributed by atoms with Gasteiger partial charge < -0.3 is 14.7 Å². The number of amides is 2. The highest BCUT2D eigenvalue weighted by Gasteiger charge is 2.28. The summed E-state index contributed by atoms with van der Waals surface area (Å²) >= 11 is 0. The van der Waals surface area contributed by atoms with Gasteiger partial charge in [-0.1, -0.05) is 42.4 Å². The van der Waals surface area contributed by atoms with Gasteiger partial charge in [0.2, 0.25) is 0 Å². The quantitative estimate of drug-likeness (QED) is 0.245. The zero-order valence-electron chi connectivity index (χ0n) is 25.9. The molecule has 1 aliphatic rings. The van der Waals surface area contributed by atoms with Crippen molar-refractivity contribution in [2.75, 3.05) is 11.9 Å². The molecule has 0 atom stereocenters. The molecule has 0 bridgehead atoms. The van der Waals surface area contributed by atoms with Gasteiger partial charge >= 0.3 is 6.03 Å². The molecule has 0 radical (unpaired) electrons. The van der Waals surface area contributed by atoms with Crippen molar-refractivity contribution >= 4 is 11.7 Å². The first kappa shape index (κ1) is 28.3. The molecule has 0 unspecified atom stereocenters. The molecule has 5 aromatic rings. The van der Waals surface area contributed by atoms with Crippen LogP contribution in [0.5, 0.6) is 0 Å². The number of fused-ring (bicyclic) bond motifs is 1. The van der Waals surface area contributed by atoms with E-state index < -0.39 is 0 Å². The van der Waals surface area contributed by atoms with Crippen LogP contribution in [0, 0.1) is 34.6 Å². The van der Waals surface area contributed by atoms with Crippen LogP contribution < -0.4 is 5.32 Å². The highest BCUT2D eigenvalue weighted by Crippen LogP contribution is 2.35. The first-order chi connectivity index (χ1) is 20.6. The number of nitrogens with one attached hydrogen (secondary N) is 1. The number of carbonyl (C=O) groups is 1. The zero-order chi connectivity index (χ0) is 30.4. The molecule has 2 amide bonds. The van der Waals surface area contributed by atoms with Crippen molar-refractivity contribution in [1.29, 1.82) is 0 Å². The first-order valence-electron chi connectivity index (χ1n) is 14.7.